The minimum absolute atomic E-state index is 0.0470. The number of nitrogens with zero attached hydrogens (tertiary/aromatic N) is 1. The highest BCUT2D eigenvalue weighted by Gasteiger charge is 2.48. The smallest absolute Gasteiger partial charge is 0.324 e. The van der Waals surface area contributed by atoms with E-state index in [9.17, 15) is 29.1 Å². The van der Waals surface area contributed by atoms with Gasteiger partial charge in [-0.25, -0.2) is 0 Å². The standard InChI is InChI=1S/C35H61N5O7/c1-12-14-24(27(41)30(43)36-18-13-2)37-29(42)26-23(20(3)4)17-19-40(26)31(44)28(34(7,8)9)39-33(46)38-25(21(5)6)32(45)47-35(10,11)22-15-16-22/h13,20-26,28,33,38-39,46H,2,12,14-19H2,1,3-11H3,(H,36,43)(H,37,42)/t23-,24?,25+,26+,28-,33?/m1/s1. The Balaban J connectivity index is 2.28. The Kier molecular flexibility index (Phi) is 14.6. The van der Waals surface area contributed by atoms with Crippen molar-refractivity contribution in [3.8, 4) is 0 Å². The number of amides is 3. The van der Waals surface area contributed by atoms with Gasteiger partial charge in [0.1, 0.15) is 17.7 Å². The number of ketones is 1. The number of esters is 1. The normalized spacial score (nSPS) is 21.2. The van der Waals surface area contributed by atoms with E-state index in [1.807, 2.05) is 69.2 Å². The second kappa shape index (κ2) is 17.0. The summed E-state index contributed by atoms with van der Waals surface area (Å²) in [5, 5.41) is 22.3. The molecule has 2 aliphatic rings. The Bertz CT molecular complexity index is 1130. The lowest BCUT2D eigenvalue weighted by atomic mass is 9.84. The third-order valence-corrected chi connectivity index (χ3v) is 9.31. The summed E-state index contributed by atoms with van der Waals surface area (Å²) >= 11 is 0. The molecule has 12 nitrogen and oxygen atoms in total. The maximum atomic E-state index is 14.3. The van der Waals surface area contributed by atoms with E-state index < -0.39 is 65.1 Å². The first-order valence-electron chi connectivity index (χ1n) is 17.2. The van der Waals surface area contributed by atoms with E-state index in [1.165, 1.54) is 11.0 Å². The highest BCUT2D eigenvalue weighted by Crippen LogP contribution is 2.41. The molecule has 0 bridgehead atoms. The highest BCUT2D eigenvalue weighted by atomic mass is 16.6. The zero-order valence-corrected chi connectivity index (χ0v) is 30.3. The summed E-state index contributed by atoms with van der Waals surface area (Å²) in [7, 11) is 0. The van der Waals surface area contributed by atoms with Gasteiger partial charge in [0.05, 0.1) is 12.1 Å². The van der Waals surface area contributed by atoms with Gasteiger partial charge >= 0.3 is 5.97 Å². The number of carbonyl (C=O) groups excluding carboxylic acids is 5. The molecule has 0 aromatic heterocycles. The van der Waals surface area contributed by atoms with E-state index in [1.54, 1.807) is 0 Å². The Labute approximate surface area is 281 Å². The number of ether oxygens (including phenoxy) is 1. The zero-order valence-electron chi connectivity index (χ0n) is 30.3. The van der Waals surface area contributed by atoms with Crippen LogP contribution in [0.1, 0.15) is 101 Å². The molecule has 1 saturated heterocycles. The van der Waals surface area contributed by atoms with Crippen molar-refractivity contribution in [2.24, 2.45) is 29.1 Å². The summed E-state index contributed by atoms with van der Waals surface area (Å²) in [6.07, 6.45) is 3.43. The van der Waals surface area contributed by atoms with Gasteiger partial charge in [-0.1, -0.05) is 67.9 Å². The lowest BCUT2D eigenvalue weighted by molar-refractivity contribution is -0.164. The van der Waals surface area contributed by atoms with Crippen LogP contribution in [0.5, 0.6) is 0 Å². The summed E-state index contributed by atoms with van der Waals surface area (Å²) in [6.45, 7) is 22.8. The quantitative estimate of drug-likeness (QED) is 0.0642. The largest absolute Gasteiger partial charge is 0.458 e. The Morgan fingerprint density at radius 3 is 2.11 bits per heavy atom. The zero-order chi connectivity index (χ0) is 35.9. The van der Waals surface area contributed by atoms with Gasteiger partial charge in [0.15, 0.2) is 6.35 Å². The van der Waals surface area contributed by atoms with Gasteiger partial charge in [0.2, 0.25) is 17.6 Å². The fraction of sp³-hybridized carbons (Fsp3) is 0.800. The fourth-order valence-corrected chi connectivity index (χ4v) is 6.27. The van der Waals surface area contributed by atoms with Gasteiger partial charge in [-0.05, 0) is 68.6 Å². The van der Waals surface area contributed by atoms with Gasteiger partial charge in [-0.2, -0.15) is 0 Å². The van der Waals surface area contributed by atoms with Crippen molar-refractivity contribution in [2.75, 3.05) is 13.1 Å². The molecule has 0 radical (unpaired) electrons. The lowest BCUT2D eigenvalue weighted by Gasteiger charge is -2.38. The molecule has 1 heterocycles. The topological polar surface area (TPSA) is 166 Å². The number of aliphatic hydroxyl groups excluding tert-OH is 1. The molecule has 0 spiro atoms. The van der Waals surface area contributed by atoms with E-state index in [4.69, 9.17) is 4.74 Å². The van der Waals surface area contributed by atoms with Crippen LogP contribution in [-0.2, 0) is 28.7 Å². The average molecular weight is 664 g/mol. The maximum absolute atomic E-state index is 14.3. The number of hydrogen-bond acceptors (Lipinski definition) is 9. The first-order chi connectivity index (χ1) is 21.8. The number of Topliss-reactive ketones (excluding diaryl/α,β-unsaturated/α-hetero) is 1. The van der Waals surface area contributed by atoms with Crippen molar-refractivity contribution in [3.05, 3.63) is 12.7 Å². The number of nitrogens with one attached hydrogen (secondary N) is 4. The second-order valence-electron chi connectivity index (χ2n) is 15.4. The molecule has 2 rings (SSSR count). The van der Waals surface area contributed by atoms with Crippen molar-refractivity contribution < 1.29 is 33.8 Å². The Morgan fingerprint density at radius 2 is 1.62 bits per heavy atom. The van der Waals surface area contributed by atoms with Gasteiger partial charge in [0, 0.05) is 13.1 Å². The minimum atomic E-state index is -1.44. The molecule has 2 unspecified atom stereocenters. The van der Waals surface area contributed by atoms with Crippen LogP contribution in [0.2, 0.25) is 0 Å². The molecule has 12 heteroatoms. The van der Waals surface area contributed by atoms with Crippen LogP contribution in [0.4, 0.5) is 0 Å². The molecule has 268 valence electrons. The summed E-state index contributed by atoms with van der Waals surface area (Å²) in [5.74, 6) is -2.95. The van der Waals surface area contributed by atoms with Crippen molar-refractivity contribution in [1.82, 2.24) is 26.2 Å². The monoisotopic (exact) mass is 663 g/mol. The van der Waals surface area contributed by atoms with Gasteiger partial charge in [-0.15, -0.1) is 6.58 Å². The number of aliphatic hydroxyl groups is 1. The van der Waals surface area contributed by atoms with Crippen molar-refractivity contribution >= 4 is 29.5 Å². The summed E-state index contributed by atoms with van der Waals surface area (Å²) in [6, 6.07) is -3.71. The predicted molar refractivity (Wildman–Crippen MR) is 181 cm³/mol. The Hall–Kier alpha value is -2.83. The minimum Gasteiger partial charge on any atom is -0.458 e. The fourth-order valence-electron chi connectivity index (χ4n) is 6.27. The predicted octanol–water partition coefficient (Wildman–Crippen LogP) is 2.64. The molecule has 0 aromatic rings. The van der Waals surface area contributed by atoms with E-state index in [0.29, 0.717) is 25.3 Å². The van der Waals surface area contributed by atoms with E-state index in [-0.39, 0.29) is 36.6 Å². The molecule has 1 saturated carbocycles. The van der Waals surface area contributed by atoms with E-state index in [0.717, 1.165) is 12.8 Å². The molecule has 2 fully saturated rings. The van der Waals surface area contributed by atoms with Crippen LogP contribution in [0.15, 0.2) is 12.7 Å². The maximum Gasteiger partial charge on any atom is 0.324 e. The van der Waals surface area contributed by atoms with Crippen molar-refractivity contribution in [2.45, 2.75) is 137 Å². The van der Waals surface area contributed by atoms with Gasteiger partial charge < -0.3 is 25.4 Å². The average Bonchev–Trinajstić information content (AvgIpc) is 3.74. The van der Waals surface area contributed by atoms with E-state index >= 15 is 0 Å². The number of rotatable bonds is 18. The molecule has 47 heavy (non-hydrogen) atoms. The van der Waals surface area contributed by atoms with Crippen molar-refractivity contribution in [1.29, 1.82) is 0 Å². The van der Waals surface area contributed by atoms with Crippen LogP contribution in [-0.4, -0.2) is 88.7 Å². The number of carbonyl (C=O) groups is 5. The summed E-state index contributed by atoms with van der Waals surface area (Å²) in [4.78, 5) is 68.3. The van der Waals surface area contributed by atoms with E-state index in [2.05, 4.69) is 27.8 Å². The third-order valence-electron chi connectivity index (χ3n) is 9.31. The molecule has 5 N–H and O–H groups in total. The first-order valence-corrected chi connectivity index (χ1v) is 17.2. The lowest BCUT2D eigenvalue weighted by Crippen LogP contribution is -2.63. The Morgan fingerprint density at radius 1 is 1.00 bits per heavy atom. The molecule has 6 atom stereocenters. The number of likely N-dealkylation sites (tertiary alicyclic amines) is 1. The number of hydrogen-bond donors (Lipinski definition) is 5. The van der Waals surface area contributed by atoms with Crippen LogP contribution >= 0.6 is 0 Å². The van der Waals surface area contributed by atoms with Crippen LogP contribution in [0.3, 0.4) is 0 Å². The van der Waals surface area contributed by atoms with Gasteiger partial charge in [0.25, 0.3) is 5.91 Å². The SMILES string of the molecule is C=CCNC(=O)C(=O)C(CCC)NC(=O)[C@@H]1[C@@H](C(C)C)CCN1C(=O)[C@@H](NC(O)N[C@H](C(=O)OC(C)(C)C1CC1)C(C)C)C(C)(C)C. The highest BCUT2D eigenvalue weighted by molar-refractivity contribution is 6.38. The third kappa shape index (κ3) is 11.1. The van der Waals surface area contributed by atoms with Crippen LogP contribution in [0, 0.1) is 29.1 Å². The van der Waals surface area contributed by atoms with Gasteiger partial charge in [-0.3, -0.25) is 34.6 Å². The van der Waals surface area contributed by atoms with Crippen LogP contribution < -0.4 is 21.3 Å². The first kappa shape index (κ1) is 40.3. The van der Waals surface area contributed by atoms with Crippen molar-refractivity contribution in [3.63, 3.8) is 0 Å². The molecular weight excluding hydrogens is 602 g/mol. The molecule has 1 aliphatic carbocycles. The van der Waals surface area contributed by atoms with Crippen LogP contribution in [0.25, 0.3) is 0 Å². The second-order valence-corrected chi connectivity index (χ2v) is 15.4. The molecule has 3 amide bonds. The molecular formula is C35H61N5O7. The molecule has 0 aromatic carbocycles. The molecule has 1 aliphatic heterocycles. The summed E-state index contributed by atoms with van der Waals surface area (Å²) < 4.78 is 5.85. The summed E-state index contributed by atoms with van der Waals surface area (Å²) in [5.41, 5.74) is -1.31.